The van der Waals surface area contributed by atoms with Crippen LogP contribution in [0.25, 0.3) is 0 Å². The minimum atomic E-state index is -0.965. The summed E-state index contributed by atoms with van der Waals surface area (Å²) in [4.78, 5) is 23.2. The topological polar surface area (TPSA) is 46.5 Å². The number of Topliss-reactive ketones (excluding diaryl/α,β-unsaturated/α-hetero) is 1. The van der Waals surface area contributed by atoms with Gasteiger partial charge in [-0.15, -0.1) is 4.91 Å². The van der Waals surface area contributed by atoms with E-state index >= 15 is 0 Å². The van der Waals surface area contributed by atoms with Crippen LogP contribution in [0.5, 0.6) is 0 Å². The van der Waals surface area contributed by atoms with Crippen LogP contribution in [0.1, 0.15) is 27.5 Å². The number of hydrogen-bond donors (Lipinski definition) is 0. The highest BCUT2D eigenvalue weighted by atomic mass is 16.3. The molecule has 0 fully saturated rings. The van der Waals surface area contributed by atoms with Crippen molar-refractivity contribution in [1.82, 2.24) is 0 Å². The van der Waals surface area contributed by atoms with Crippen molar-refractivity contribution >= 4 is 5.78 Å². The first kappa shape index (κ1) is 12.2. The third-order valence-corrected chi connectivity index (χ3v) is 2.77. The Kier molecular flexibility index (Phi) is 3.63. The van der Waals surface area contributed by atoms with Crippen molar-refractivity contribution in [1.29, 1.82) is 0 Å². The lowest BCUT2D eigenvalue weighted by Gasteiger charge is -2.09. The van der Waals surface area contributed by atoms with Gasteiger partial charge in [0, 0.05) is 5.56 Å². The van der Waals surface area contributed by atoms with E-state index in [9.17, 15) is 9.70 Å². The second kappa shape index (κ2) is 5.36. The summed E-state index contributed by atoms with van der Waals surface area (Å²) in [6, 6.07) is 15.1. The summed E-state index contributed by atoms with van der Waals surface area (Å²) in [5.74, 6) is -0.267. The summed E-state index contributed by atoms with van der Waals surface area (Å²) in [7, 11) is 0. The molecule has 3 nitrogen and oxygen atoms in total. The van der Waals surface area contributed by atoms with Crippen molar-refractivity contribution in [3.8, 4) is 0 Å². The zero-order chi connectivity index (χ0) is 13.0. The lowest BCUT2D eigenvalue weighted by Crippen LogP contribution is -2.10. The number of carbonyl (C=O) groups excluding carboxylic acids is 1. The van der Waals surface area contributed by atoms with E-state index in [0.29, 0.717) is 11.1 Å². The largest absolute Gasteiger partial charge is 0.291 e. The molecular formula is C15H13NO2. The van der Waals surface area contributed by atoms with E-state index in [1.807, 2.05) is 31.2 Å². The molecule has 2 rings (SSSR count). The summed E-state index contributed by atoms with van der Waals surface area (Å²) >= 11 is 0. The fourth-order valence-corrected chi connectivity index (χ4v) is 1.86. The number of ketones is 1. The van der Waals surface area contributed by atoms with E-state index in [4.69, 9.17) is 0 Å². The van der Waals surface area contributed by atoms with Crippen molar-refractivity contribution in [3.05, 3.63) is 76.2 Å². The van der Waals surface area contributed by atoms with Crippen molar-refractivity contribution in [2.75, 3.05) is 0 Å². The van der Waals surface area contributed by atoms with E-state index < -0.39 is 6.04 Å². The molecule has 0 saturated heterocycles. The quantitative estimate of drug-likeness (QED) is 0.603. The minimum absolute atomic E-state index is 0.267. The monoisotopic (exact) mass is 239 g/mol. The number of nitrogens with zero attached hydrogens (tertiary/aromatic N) is 1. The van der Waals surface area contributed by atoms with Gasteiger partial charge in [0.25, 0.3) is 0 Å². The second-order valence-corrected chi connectivity index (χ2v) is 4.15. The van der Waals surface area contributed by atoms with Crippen LogP contribution in [-0.2, 0) is 0 Å². The van der Waals surface area contributed by atoms with E-state index in [1.165, 1.54) is 0 Å². The van der Waals surface area contributed by atoms with Crippen molar-refractivity contribution in [2.45, 2.75) is 13.0 Å². The molecule has 2 aromatic carbocycles. The van der Waals surface area contributed by atoms with Gasteiger partial charge in [0.1, 0.15) is 0 Å². The van der Waals surface area contributed by atoms with Crippen LogP contribution in [-0.4, -0.2) is 5.78 Å². The SMILES string of the molecule is Cc1cccc(C(N=O)C(=O)c2ccccc2)c1. The molecule has 0 aliphatic carbocycles. The van der Waals surface area contributed by atoms with E-state index in [-0.39, 0.29) is 5.78 Å². The number of benzene rings is 2. The maximum Gasteiger partial charge on any atom is 0.195 e. The fourth-order valence-electron chi connectivity index (χ4n) is 1.86. The lowest BCUT2D eigenvalue weighted by molar-refractivity contribution is 0.0962. The van der Waals surface area contributed by atoms with E-state index in [1.54, 1.807) is 30.3 Å². The van der Waals surface area contributed by atoms with Gasteiger partial charge in [-0.2, -0.15) is 0 Å². The molecule has 3 heteroatoms. The first-order chi connectivity index (χ1) is 8.72. The molecule has 0 N–H and O–H groups in total. The molecule has 0 bridgehead atoms. The number of aryl methyl sites for hydroxylation is 1. The summed E-state index contributed by atoms with van der Waals surface area (Å²) in [5.41, 5.74) is 2.14. The van der Waals surface area contributed by atoms with Gasteiger partial charge in [-0.05, 0) is 12.5 Å². The fraction of sp³-hybridized carbons (Fsp3) is 0.133. The molecular weight excluding hydrogens is 226 g/mol. The summed E-state index contributed by atoms with van der Waals surface area (Å²) < 4.78 is 0. The Balaban J connectivity index is 2.35. The smallest absolute Gasteiger partial charge is 0.195 e. The molecule has 0 saturated carbocycles. The Morgan fingerprint density at radius 2 is 1.78 bits per heavy atom. The van der Waals surface area contributed by atoms with E-state index in [2.05, 4.69) is 5.18 Å². The van der Waals surface area contributed by atoms with Gasteiger partial charge in [-0.3, -0.25) is 4.79 Å². The number of carbonyl (C=O) groups is 1. The number of hydrogen-bond acceptors (Lipinski definition) is 3. The Hall–Kier alpha value is -2.29. The predicted molar refractivity (Wildman–Crippen MR) is 70.5 cm³/mol. The van der Waals surface area contributed by atoms with Gasteiger partial charge in [-0.25, -0.2) is 0 Å². The molecule has 0 aliphatic rings. The lowest BCUT2D eigenvalue weighted by atomic mass is 9.97. The molecule has 0 spiro atoms. The van der Waals surface area contributed by atoms with Crippen molar-refractivity contribution in [3.63, 3.8) is 0 Å². The molecule has 18 heavy (non-hydrogen) atoms. The van der Waals surface area contributed by atoms with Crippen LogP contribution in [0.2, 0.25) is 0 Å². The zero-order valence-electron chi connectivity index (χ0n) is 10.0. The summed E-state index contributed by atoms with van der Waals surface area (Å²) in [6.45, 7) is 1.92. The van der Waals surface area contributed by atoms with Crippen molar-refractivity contribution in [2.24, 2.45) is 5.18 Å². The average molecular weight is 239 g/mol. The minimum Gasteiger partial charge on any atom is -0.291 e. The Labute approximate surface area is 105 Å². The summed E-state index contributed by atoms with van der Waals surface area (Å²) in [5, 5.41) is 2.98. The standard InChI is InChI=1S/C15H13NO2/c1-11-6-5-9-13(10-11)14(16-18)15(17)12-7-3-2-4-8-12/h2-10,14H,1H3. The summed E-state index contributed by atoms with van der Waals surface area (Å²) in [6.07, 6.45) is 0. The van der Waals surface area contributed by atoms with Gasteiger partial charge >= 0.3 is 0 Å². The van der Waals surface area contributed by atoms with Gasteiger partial charge in [0.2, 0.25) is 0 Å². The van der Waals surface area contributed by atoms with Crippen molar-refractivity contribution < 1.29 is 4.79 Å². The first-order valence-electron chi connectivity index (χ1n) is 5.70. The molecule has 1 unspecified atom stereocenters. The Morgan fingerprint density at radius 1 is 1.06 bits per heavy atom. The first-order valence-corrected chi connectivity index (χ1v) is 5.70. The predicted octanol–water partition coefficient (Wildman–Crippen LogP) is 3.69. The number of nitroso groups, excluding NO2 is 1. The highest BCUT2D eigenvalue weighted by Crippen LogP contribution is 2.22. The third-order valence-electron chi connectivity index (χ3n) is 2.77. The maximum absolute atomic E-state index is 12.2. The molecule has 0 amide bonds. The maximum atomic E-state index is 12.2. The molecule has 1 atom stereocenters. The van der Waals surface area contributed by atoms with Crippen LogP contribution < -0.4 is 0 Å². The van der Waals surface area contributed by atoms with Crippen LogP contribution in [0.15, 0.2) is 59.8 Å². The van der Waals surface area contributed by atoms with Gasteiger partial charge in [0.05, 0.1) is 0 Å². The average Bonchev–Trinajstić information content (AvgIpc) is 2.40. The Bertz CT molecular complexity index is 564. The molecule has 0 radical (unpaired) electrons. The van der Waals surface area contributed by atoms with Gasteiger partial charge < -0.3 is 0 Å². The molecule has 0 heterocycles. The van der Waals surface area contributed by atoms with E-state index in [0.717, 1.165) is 5.56 Å². The van der Waals surface area contributed by atoms with Crippen LogP contribution >= 0.6 is 0 Å². The zero-order valence-corrected chi connectivity index (χ0v) is 10.0. The Morgan fingerprint density at radius 3 is 2.39 bits per heavy atom. The second-order valence-electron chi connectivity index (χ2n) is 4.15. The molecule has 2 aromatic rings. The molecule has 90 valence electrons. The highest BCUT2D eigenvalue weighted by molar-refractivity contribution is 6.00. The molecule has 0 aliphatic heterocycles. The van der Waals surface area contributed by atoms with Gasteiger partial charge in [-0.1, -0.05) is 65.3 Å². The van der Waals surface area contributed by atoms with Crippen LogP contribution in [0.4, 0.5) is 0 Å². The third kappa shape index (κ3) is 2.51. The van der Waals surface area contributed by atoms with Gasteiger partial charge in [0.15, 0.2) is 11.8 Å². The highest BCUT2D eigenvalue weighted by Gasteiger charge is 2.22. The number of rotatable bonds is 4. The normalized spacial score (nSPS) is 11.8. The molecule has 0 aromatic heterocycles. The van der Waals surface area contributed by atoms with Crippen LogP contribution in [0, 0.1) is 11.8 Å². The van der Waals surface area contributed by atoms with Crippen LogP contribution in [0.3, 0.4) is 0 Å².